The van der Waals surface area contributed by atoms with Crippen molar-refractivity contribution < 1.29 is 9.84 Å². The van der Waals surface area contributed by atoms with E-state index in [1.165, 1.54) is 16.9 Å². The van der Waals surface area contributed by atoms with Gasteiger partial charge in [-0.2, -0.15) is 0 Å². The third kappa shape index (κ3) is 4.28. The molecule has 0 fully saturated rings. The fourth-order valence-electron chi connectivity index (χ4n) is 3.38. The molecule has 0 saturated heterocycles. The van der Waals surface area contributed by atoms with Crippen molar-refractivity contribution in [3.8, 4) is 0 Å². The number of hydrogen-bond acceptors (Lipinski definition) is 6. The molecule has 0 unspecified atom stereocenters. The van der Waals surface area contributed by atoms with Crippen LogP contribution >= 0.6 is 11.3 Å². The molecule has 2 N–H and O–H groups in total. The van der Waals surface area contributed by atoms with E-state index in [0.29, 0.717) is 38.5 Å². The molecule has 0 radical (unpaired) electrons. The third-order valence-electron chi connectivity index (χ3n) is 4.80. The largest absolute Gasteiger partial charge is 0.392 e. The molecule has 0 saturated carbocycles. The maximum atomic E-state index is 12.6. The number of H-pyrrole nitrogens is 1. The number of aryl methyl sites for hydroxylation is 2. The Morgan fingerprint density at radius 3 is 2.96 bits per heavy atom. The zero-order chi connectivity index (χ0) is 17.8. The van der Waals surface area contributed by atoms with E-state index in [-0.39, 0.29) is 11.7 Å². The molecule has 0 bridgehead atoms. The Labute approximate surface area is 151 Å². The monoisotopic (exact) mass is 365 g/mol. The van der Waals surface area contributed by atoms with Crippen LogP contribution < -0.4 is 5.56 Å². The van der Waals surface area contributed by atoms with Gasteiger partial charge in [-0.1, -0.05) is 6.92 Å². The summed E-state index contributed by atoms with van der Waals surface area (Å²) in [6.07, 6.45) is 4.71. The van der Waals surface area contributed by atoms with E-state index in [0.717, 1.165) is 29.5 Å². The van der Waals surface area contributed by atoms with Gasteiger partial charge in [0.1, 0.15) is 10.7 Å². The summed E-state index contributed by atoms with van der Waals surface area (Å²) >= 11 is 1.67. The van der Waals surface area contributed by atoms with Crippen molar-refractivity contribution in [1.29, 1.82) is 0 Å². The van der Waals surface area contributed by atoms with Crippen LogP contribution in [0, 0.1) is 0 Å². The Morgan fingerprint density at radius 1 is 1.40 bits per heavy atom. The van der Waals surface area contributed by atoms with Crippen LogP contribution in [0.4, 0.5) is 0 Å². The van der Waals surface area contributed by atoms with Crippen LogP contribution in [0.15, 0.2) is 4.79 Å². The second-order valence-electron chi connectivity index (χ2n) is 6.69. The predicted octanol–water partition coefficient (Wildman–Crippen LogP) is 2.08. The first-order valence-electron chi connectivity index (χ1n) is 9.05. The molecule has 7 heteroatoms. The average molecular weight is 365 g/mol. The Balaban J connectivity index is 1.85. The SMILES string of the molecule is CC[C@@H](O)CN(CCOC)Cc1nc2sc3c(c2c(=O)[nH]1)CCCC3. The van der Waals surface area contributed by atoms with E-state index >= 15 is 0 Å². The van der Waals surface area contributed by atoms with Crippen LogP contribution in [-0.4, -0.2) is 52.9 Å². The minimum absolute atomic E-state index is 0.0258. The highest BCUT2D eigenvalue weighted by Gasteiger charge is 2.20. The van der Waals surface area contributed by atoms with Gasteiger partial charge in [0.2, 0.25) is 0 Å². The van der Waals surface area contributed by atoms with Crippen molar-refractivity contribution in [1.82, 2.24) is 14.9 Å². The predicted molar refractivity (Wildman–Crippen MR) is 100 cm³/mol. The number of methoxy groups -OCH3 is 1. The number of aliphatic hydroxyl groups excluding tert-OH is 1. The van der Waals surface area contributed by atoms with Crippen LogP contribution in [0.2, 0.25) is 0 Å². The van der Waals surface area contributed by atoms with Crippen LogP contribution in [0.1, 0.15) is 42.5 Å². The molecule has 2 aromatic rings. The Bertz CT molecular complexity index is 771. The summed E-state index contributed by atoms with van der Waals surface area (Å²) in [5.74, 6) is 0.663. The lowest BCUT2D eigenvalue weighted by atomic mass is 9.97. The van der Waals surface area contributed by atoms with Gasteiger partial charge in [0, 0.05) is 25.1 Å². The van der Waals surface area contributed by atoms with Gasteiger partial charge in [0.15, 0.2) is 0 Å². The van der Waals surface area contributed by atoms with Crippen molar-refractivity contribution in [3.05, 3.63) is 26.6 Å². The highest BCUT2D eigenvalue weighted by Crippen LogP contribution is 2.33. The van der Waals surface area contributed by atoms with Gasteiger partial charge in [-0.25, -0.2) is 4.98 Å². The molecule has 1 aliphatic carbocycles. The summed E-state index contributed by atoms with van der Waals surface area (Å²) < 4.78 is 5.16. The molecule has 0 aromatic carbocycles. The molecule has 1 aliphatic rings. The summed E-state index contributed by atoms with van der Waals surface area (Å²) in [7, 11) is 1.66. The smallest absolute Gasteiger partial charge is 0.259 e. The zero-order valence-electron chi connectivity index (χ0n) is 15.0. The number of aromatic amines is 1. The molecule has 2 aromatic heterocycles. The van der Waals surface area contributed by atoms with Crippen molar-refractivity contribution in [2.75, 3.05) is 26.8 Å². The molecule has 138 valence electrons. The molecule has 3 rings (SSSR count). The van der Waals surface area contributed by atoms with Gasteiger partial charge in [-0.3, -0.25) is 9.69 Å². The maximum Gasteiger partial charge on any atom is 0.259 e. The van der Waals surface area contributed by atoms with Gasteiger partial charge < -0.3 is 14.8 Å². The minimum Gasteiger partial charge on any atom is -0.392 e. The molecule has 25 heavy (non-hydrogen) atoms. The number of aliphatic hydroxyl groups is 1. The van der Waals surface area contributed by atoms with Crippen LogP contribution in [0.5, 0.6) is 0 Å². The van der Waals surface area contributed by atoms with Crippen molar-refractivity contribution in [2.45, 2.75) is 51.7 Å². The number of nitrogens with zero attached hydrogens (tertiary/aromatic N) is 2. The van der Waals surface area contributed by atoms with E-state index in [9.17, 15) is 9.90 Å². The molecule has 0 amide bonds. The van der Waals surface area contributed by atoms with E-state index in [4.69, 9.17) is 9.72 Å². The molecule has 0 aliphatic heterocycles. The summed E-state index contributed by atoms with van der Waals surface area (Å²) in [4.78, 5) is 24.6. The van der Waals surface area contributed by atoms with E-state index in [1.54, 1.807) is 18.4 Å². The Kier molecular flexibility index (Phi) is 6.22. The number of ether oxygens (including phenoxy) is 1. The topological polar surface area (TPSA) is 78.5 Å². The van der Waals surface area contributed by atoms with Crippen LogP contribution in [-0.2, 0) is 24.1 Å². The van der Waals surface area contributed by atoms with Gasteiger partial charge in [-0.05, 0) is 37.7 Å². The fraction of sp³-hybridized carbons (Fsp3) is 0.667. The van der Waals surface area contributed by atoms with Crippen molar-refractivity contribution in [2.24, 2.45) is 0 Å². The molecular weight excluding hydrogens is 338 g/mol. The number of nitrogens with one attached hydrogen (secondary N) is 1. The van der Waals surface area contributed by atoms with Gasteiger partial charge in [0.25, 0.3) is 5.56 Å². The fourth-order valence-corrected chi connectivity index (χ4v) is 4.66. The summed E-state index contributed by atoms with van der Waals surface area (Å²) in [5, 5.41) is 10.8. The average Bonchev–Trinajstić information content (AvgIpc) is 2.98. The highest BCUT2D eigenvalue weighted by molar-refractivity contribution is 7.18. The maximum absolute atomic E-state index is 12.6. The normalized spacial score (nSPS) is 15.7. The molecule has 6 nitrogen and oxygen atoms in total. The lowest BCUT2D eigenvalue weighted by Gasteiger charge is -2.23. The lowest BCUT2D eigenvalue weighted by molar-refractivity contribution is 0.0817. The highest BCUT2D eigenvalue weighted by atomic mass is 32.1. The number of fused-ring (bicyclic) bond motifs is 3. The number of thiophene rings is 1. The Morgan fingerprint density at radius 2 is 2.20 bits per heavy atom. The van der Waals surface area contributed by atoms with Crippen LogP contribution in [0.3, 0.4) is 0 Å². The lowest BCUT2D eigenvalue weighted by Crippen LogP contribution is -2.35. The second kappa shape index (κ2) is 8.40. The van der Waals surface area contributed by atoms with E-state index in [2.05, 4.69) is 9.88 Å². The standard InChI is InChI=1S/C18H27N3O3S/c1-3-12(22)10-21(8-9-24-2)11-15-19-17(23)16-13-6-4-5-7-14(13)25-18(16)20-15/h12,22H,3-11H2,1-2H3,(H,19,20,23)/t12-/m1/s1. The third-order valence-corrected chi connectivity index (χ3v) is 5.99. The Hall–Kier alpha value is -1.28. The van der Waals surface area contributed by atoms with Crippen molar-refractivity contribution in [3.63, 3.8) is 0 Å². The first-order chi connectivity index (χ1) is 12.1. The summed E-state index contributed by atoms with van der Waals surface area (Å²) in [5.41, 5.74) is 1.19. The van der Waals surface area contributed by atoms with Crippen LogP contribution in [0.25, 0.3) is 10.2 Å². The molecular formula is C18H27N3O3S. The van der Waals surface area contributed by atoms with E-state index < -0.39 is 0 Å². The number of hydrogen-bond donors (Lipinski definition) is 2. The van der Waals surface area contributed by atoms with Crippen molar-refractivity contribution >= 4 is 21.6 Å². The zero-order valence-corrected chi connectivity index (χ0v) is 15.8. The first-order valence-corrected chi connectivity index (χ1v) is 9.86. The minimum atomic E-state index is -0.388. The van der Waals surface area contributed by atoms with Gasteiger partial charge >= 0.3 is 0 Å². The number of aromatic nitrogens is 2. The molecule has 2 heterocycles. The summed E-state index contributed by atoms with van der Waals surface area (Å²) in [6.45, 7) is 4.28. The first kappa shape index (κ1) is 18.5. The molecule has 0 spiro atoms. The van der Waals surface area contributed by atoms with E-state index in [1.807, 2.05) is 6.92 Å². The quantitative estimate of drug-likeness (QED) is 0.749. The summed E-state index contributed by atoms with van der Waals surface area (Å²) in [6, 6.07) is 0. The second-order valence-corrected chi connectivity index (χ2v) is 7.78. The van der Waals surface area contributed by atoms with Gasteiger partial charge in [-0.15, -0.1) is 11.3 Å². The number of rotatable bonds is 8. The molecule has 1 atom stereocenters. The van der Waals surface area contributed by atoms with Gasteiger partial charge in [0.05, 0.1) is 24.6 Å².